The number of fused-ring (bicyclic) bond motifs is 1. The van der Waals surface area contributed by atoms with Crippen LogP contribution in [0.2, 0.25) is 5.02 Å². The normalized spacial score (nSPS) is 15.4. The number of nitrogens with one attached hydrogen (secondary N) is 1. The molecule has 1 unspecified atom stereocenters. The average molecular weight is 470 g/mol. The van der Waals surface area contributed by atoms with E-state index in [9.17, 15) is 22.8 Å². The number of alkyl halides is 3. The van der Waals surface area contributed by atoms with Crippen molar-refractivity contribution in [3.63, 3.8) is 0 Å². The van der Waals surface area contributed by atoms with E-state index < -0.39 is 36.8 Å². The molecule has 0 aromatic heterocycles. The van der Waals surface area contributed by atoms with Crippen LogP contribution in [-0.2, 0) is 28.7 Å². The molecule has 0 aliphatic carbocycles. The number of hydrogen-bond acceptors (Lipinski definition) is 9. The third kappa shape index (κ3) is 7.28. The van der Waals surface area contributed by atoms with Gasteiger partial charge in [0, 0.05) is 17.0 Å². The molecule has 1 aliphatic rings. The van der Waals surface area contributed by atoms with Gasteiger partial charge in [-0.05, 0) is 30.7 Å². The molecule has 0 amide bonds. The van der Waals surface area contributed by atoms with Crippen LogP contribution >= 0.6 is 11.6 Å². The van der Waals surface area contributed by atoms with Crippen LogP contribution < -0.4 is 10.4 Å². The van der Waals surface area contributed by atoms with Crippen molar-refractivity contribution in [3.05, 3.63) is 33.9 Å². The SMILES string of the molecule is CONOCCCOC(=O)OCOC(=O)C1=Cc2cc(Cl)cc(C)c2OC1C(F)(F)F. The number of ether oxygens (including phenoxy) is 4. The van der Waals surface area contributed by atoms with Gasteiger partial charge in [0.25, 0.3) is 0 Å². The third-order valence-corrected chi connectivity index (χ3v) is 3.97. The number of aryl methyl sites for hydroxylation is 1. The molecule has 1 aliphatic heterocycles. The maximum atomic E-state index is 13.4. The first kappa shape index (κ1) is 24.7. The Bertz CT molecular complexity index is 831. The second-order valence-corrected chi connectivity index (χ2v) is 6.50. The van der Waals surface area contributed by atoms with E-state index in [2.05, 4.69) is 24.7 Å². The fourth-order valence-corrected chi connectivity index (χ4v) is 2.78. The number of rotatable bonds is 9. The van der Waals surface area contributed by atoms with Crippen molar-refractivity contribution in [1.29, 1.82) is 0 Å². The fourth-order valence-electron chi connectivity index (χ4n) is 2.50. The summed E-state index contributed by atoms with van der Waals surface area (Å²) >= 11 is 5.92. The molecule has 1 aromatic carbocycles. The molecule has 31 heavy (non-hydrogen) atoms. The molecule has 172 valence electrons. The highest BCUT2D eigenvalue weighted by atomic mass is 35.5. The minimum Gasteiger partial charge on any atom is -0.475 e. The quantitative estimate of drug-likeness (QED) is 0.252. The standard InChI is InChI=1S/C18H19ClF3NO8/c1-10-6-12(19)7-11-8-13(15(18(20,21)22)31-14(10)11)16(24)28-9-29-17(25)27-4-3-5-30-23-26-2/h6-8,15,23H,3-5,9H2,1-2H3. The summed E-state index contributed by atoms with van der Waals surface area (Å²) in [5.41, 5.74) is 1.84. The summed E-state index contributed by atoms with van der Waals surface area (Å²) < 4.78 is 59.1. The Morgan fingerprint density at radius 2 is 1.94 bits per heavy atom. The van der Waals surface area contributed by atoms with Gasteiger partial charge in [-0.15, -0.1) is 0 Å². The number of halogens is 4. The van der Waals surface area contributed by atoms with Gasteiger partial charge in [0.05, 0.1) is 25.9 Å². The van der Waals surface area contributed by atoms with Gasteiger partial charge in [0.2, 0.25) is 12.9 Å². The molecule has 1 heterocycles. The summed E-state index contributed by atoms with van der Waals surface area (Å²) in [5.74, 6) is -1.43. The molecule has 0 saturated heterocycles. The molecular weight excluding hydrogens is 451 g/mol. The van der Waals surface area contributed by atoms with Crippen LogP contribution in [0.15, 0.2) is 17.7 Å². The first-order valence-corrected chi connectivity index (χ1v) is 9.12. The van der Waals surface area contributed by atoms with E-state index in [1.165, 1.54) is 26.2 Å². The van der Waals surface area contributed by atoms with Gasteiger partial charge in [0.15, 0.2) is 0 Å². The molecule has 0 fully saturated rings. The molecule has 13 heteroatoms. The lowest BCUT2D eigenvalue weighted by molar-refractivity contribution is -0.189. The van der Waals surface area contributed by atoms with Crippen molar-refractivity contribution in [2.45, 2.75) is 25.6 Å². The molecule has 0 radical (unpaired) electrons. The van der Waals surface area contributed by atoms with Gasteiger partial charge < -0.3 is 18.9 Å². The molecule has 0 spiro atoms. The summed E-state index contributed by atoms with van der Waals surface area (Å²) in [5, 5.41) is 0.253. The molecule has 1 aromatic rings. The zero-order valence-electron chi connectivity index (χ0n) is 16.4. The van der Waals surface area contributed by atoms with Gasteiger partial charge in [-0.2, -0.15) is 13.2 Å². The number of esters is 1. The molecular formula is C18H19ClF3NO8. The predicted octanol–water partition coefficient (Wildman–Crippen LogP) is 3.48. The molecule has 0 bridgehead atoms. The lowest BCUT2D eigenvalue weighted by atomic mass is 9.99. The number of carbonyl (C=O) groups excluding carboxylic acids is 2. The van der Waals surface area contributed by atoms with E-state index in [0.29, 0.717) is 12.0 Å². The molecule has 0 saturated carbocycles. The highest BCUT2D eigenvalue weighted by molar-refractivity contribution is 6.30. The van der Waals surface area contributed by atoms with Crippen molar-refractivity contribution >= 4 is 29.8 Å². The summed E-state index contributed by atoms with van der Waals surface area (Å²) in [6.07, 6.45) is -7.36. The van der Waals surface area contributed by atoms with E-state index in [4.69, 9.17) is 21.2 Å². The third-order valence-electron chi connectivity index (χ3n) is 3.75. The van der Waals surface area contributed by atoms with Crippen LogP contribution in [0.4, 0.5) is 18.0 Å². The minimum absolute atomic E-state index is 0.0484. The molecule has 1 N–H and O–H groups in total. The number of benzene rings is 1. The van der Waals surface area contributed by atoms with E-state index in [1.54, 1.807) is 0 Å². The van der Waals surface area contributed by atoms with Crippen molar-refractivity contribution in [2.75, 3.05) is 27.1 Å². The van der Waals surface area contributed by atoms with Crippen molar-refractivity contribution in [3.8, 4) is 5.75 Å². The van der Waals surface area contributed by atoms with Crippen LogP contribution in [0.3, 0.4) is 0 Å². The Kier molecular flexibility index (Phi) is 8.92. The van der Waals surface area contributed by atoms with E-state index in [1.807, 2.05) is 0 Å². The Morgan fingerprint density at radius 1 is 1.19 bits per heavy atom. The Labute approximate surface area is 179 Å². The summed E-state index contributed by atoms with van der Waals surface area (Å²) in [4.78, 5) is 32.7. The maximum absolute atomic E-state index is 13.4. The van der Waals surface area contributed by atoms with E-state index in [0.717, 1.165) is 6.08 Å². The van der Waals surface area contributed by atoms with Gasteiger partial charge >= 0.3 is 18.3 Å². The predicted molar refractivity (Wildman–Crippen MR) is 98.7 cm³/mol. The fraction of sp³-hybridized carbons (Fsp3) is 0.444. The maximum Gasteiger partial charge on any atom is 0.511 e. The summed E-state index contributed by atoms with van der Waals surface area (Å²) in [7, 11) is 1.34. The van der Waals surface area contributed by atoms with Crippen molar-refractivity contribution in [1.82, 2.24) is 5.64 Å². The zero-order valence-corrected chi connectivity index (χ0v) is 17.2. The van der Waals surface area contributed by atoms with E-state index in [-0.39, 0.29) is 29.5 Å². The van der Waals surface area contributed by atoms with Crippen LogP contribution in [0, 0.1) is 6.92 Å². The smallest absolute Gasteiger partial charge is 0.475 e. The van der Waals surface area contributed by atoms with Gasteiger partial charge in [-0.3, -0.25) is 9.68 Å². The second-order valence-electron chi connectivity index (χ2n) is 6.06. The average Bonchev–Trinajstić information content (AvgIpc) is 2.68. The first-order chi connectivity index (χ1) is 14.6. The minimum atomic E-state index is -4.89. The van der Waals surface area contributed by atoms with Crippen LogP contribution in [0.5, 0.6) is 5.75 Å². The highest BCUT2D eigenvalue weighted by Crippen LogP contribution is 2.40. The van der Waals surface area contributed by atoms with Gasteiger partial charge in [0.1, 0.15) is 5.75 Å². The second kappa shape index (κ2) is 11.2. The lowest BCUT2D eigenvalue weighted by Gasteiger charge is -2.28. The van der Waals surface area contributed by atoms with E-state index >= 15 is 0 Å². The monoisotopic (exact) mass is 469 g/mol. The Balaban J connectivity index is 1.94. The molecule has 1 atom stereocenters. The zero-order chi connectivity index (χ0) is 23.0. The Morgan fingerprint density at radius 3 is 2.61 bits per heavy atom. The number of hydrogen-bond donors (Lipinski definition) is 1. The van der Waals surface area contributed by atoms with Crippen LogP contribution in [0.1, 0.15) is 17.5 Å². The van der Waals surface area contributed by atoms with Crippen molar-refractivity contribution in [2.24, 2.45) is 0 Å². The highest BCUT2D eigenvalue weighted by Gasteiger charge is 2.49. The van der Waals surface area contributed by atoms with Crippen LogP contribution in [0.25, 0.3) is 6.08 Å². The summed E-state index contributed by atoms with van der Waals surface area (Å²) in [6, 6.07) is 2.79. The van der Waals surface area contributed by atoms with Gasteiger partial charge in [-0.25, -0.2) is 9.59 Å². The Hall–Kier alpha value is -2.54. The first-order valence-electron chi connectivity index (χ1n) is 8.75. The van der Waals surface area contributed by atoms with Crippen LogP contribution in [-0.4, -0.2) is 51.5 Å². The largest absolute Gasteiger partial charge is 0.511 e. The summed E-state index contributed by atoms with van der Waals surface area (Å²) in [6.45, 7) is 0.649. The number of carbonyl (C=O) groups is 2. The molecule has 2 rings (SSSR count). The molecule has 9 nitrogen and oxygen atoms in total. The van der Waals surface area contributed by atoms with Gasteiger partial charge in [-0.1, -0.05) is 17.2 Å². The van der Waals surface area contributed by atoms with Crippen molar-refractivity contribution < 1.29 is 51.4 Å². The lowest BCUT2D eigenvalue weighted by Crippen LogP contribution is -2.41. The topological polar surface area (TPSA) is 102 Å².